The predicted octanol–water partition coefficient (Wildman–Crippen LogP) is 5.66. The highest BCUT2D eigenvalue weighted by Gasteiger charge is 2.27. The van der Waals surface area contributed by atoms with Crippen molar-refractivity contribution in [3.63, 3.8) is 0 Å². The fraction of sp³-hybridized carbons (Fsp3) is 0.826. The van der Waals surface area contributed by atoms with E-state index in [1.165, 1.54) is 70.3 Å². The van der Waals surface area contributed by atoms with E-state index in [-0.39, 0.29) is 17.8 Å². The molecule has 0 saturated carbocycles. The summed E-state index contributed by atoms with van der Waals surface area (Å²) in [7, 11) is 0. The molecule has 0 unspecified atom stereocenters. The first-order valence-corrected chi connectivity index (χ1v) is 11.3. The molecule has 0 N–H and O–H groups in total. The Morgan fingerprint density at radius 2 is 1.37 bits per heavy atom. The average Bonchev–Trinajstić information content (AvgIpc) is 2.70. The zero-order chi connectivity index (χ0) is 19.7. The van der Waals surface area contributed by atoms with Crippen molar-refractivity contribution in [1.29, 1.82) is 0 Å². The Hall–Kier alpha value is -1.32. The summed E-state index contributed by atoms with van der Waals surface area (Å²) in [4.78, 5) is 25.4. The monoisotopic (exact) mass is 379 g/mol. The lowest BCUT2D eigenvalue weighted by Gasteiger charge is -2.30. The zero-order valence-corrected chi connectivity index (χ0v) is 17.6. The van der Waals surface area contributed by atoms with Crippen LogP contribution in [0.3, 0.4) is 0 Å². The molecule has 0 aromatic heterocycles. The first-order valence-electron chi connectivity index (χ1n) is 11.3. The average molecular weight is 380 g/mol. The molecule has 0 atom stereocenters. The van der Waals surface area contributed by atoms with Crippen molar-refractivity contribution < 1.29 is 14.3 Å². The molecule has 1 aliphatic rings. The van der Waals surface area contributed by atoms with Crippen LogP contribution in [0.4, 0.5) is 0 Å². The minimum atomic E-state index is -0.0798. The minimum Gasteiger partial charge on any atom is -0.465 e. The van der Waals surface area contributed by atoms with Gasteiger partial charge in [0.25, 0.3) is 0 Å². The lowest BCUT2D eigenvalue weighted by atomic mass is 9.97. The number of carbonyl (C=O) groups is 2. The highest BCUT2D eigenvalue weighted by molar-refractivity contribution is 5.87. The molecule has 1 saturated heterocycles. The van der Waals surface area contributed by atoms with Crippen LogP contribution in [0.5, 0.6) is 0 Å². The van der Waals surface area contributed by atoms with E-state index in [1.807, 2.05) is 0 Å². The Bertz CT molecular complexity index is 414. The molecular weight excluding hydrogens is 338 g/mol. The Balaban J connectivity index is 1.89. The van der Waals surface area contributed by atoms with Gasteiger partial charge in [-0.3, -0.25) is 9.59 Å². The van der Waals surface area contributed by atoms with Crippen LogP contribution >= 0.6 is 0 Å². The summed E-state index contributed by atoms with van der Waals surface area (Å²) >= 11 is 0. The van der Waals surface area contributed by atoms with Gasteiger partial charge in [0.1, 0.15) is 0 Å². The molecule has 156 valence electrons. The third-order valence-corrected chi connectivity index (χ3v) is 5.56. The number of unbranched alkanes of at least 4 members (excludes halogenated alkanes) is 11. The standard InChI is InChI=1S/C23H41NO3/c1-3-5-6-7-8-9-10-11-12-13-14-15-20-27-23(26)21-16-18-24(19-17-21)22(25)4-2/h4,21H,2-3,5-20H2,1H3. The molecule has 1 amide bonds. The molecule has 4 nitrogen and oxygen atoms in total. The van der Waals surface area contributed by atoms with Gasteiger partial charge in [0.05, 0.1) is 12.5 Å². The van der Waals surface area contributed by atoms with Crippen LogP contribution in [-0.2, 0) is 14.3 Å². The van der Waals surface area contributed by atoms with Crippen LogP contribution < -0.4 is 0 Å². The lowest BCUT2D eigenvalue weighted by molar-refractivity contribution is -0.151. The second kappa shape index (κ2) is 15.7. The van der Waals surface area contributed by atoms with Gasteiger partial charge in [0, 0.05) is 13.1 Å². The number of amides is 1. The number of esters is 1. The molecule has 0 spiro atoms. The van der Waals surface area contributed by atoms with Gasteiger partial charge in [-0.25, -0.2) is 0 Å². The van der Waals surface area contributed by atoms with Crippen molar-refractivity contribution in [3.8, 4) is 0 Å². The van der Waals surface area contributed by atoms with E-state index in [2.05, 4.69) is 13.5 Å². The highest BCUT2D eigenvalue weighted by atomic mass is 16.5. The summed E-state index contributed by atoms with van der Waals surface area (Å²) in [5.41, 5.74) is 0. The van der Waals surface area contributed by atoms with Crippen LogP contribution in [0, 0.1) is 5.92 Å². The summed E-state index contributed by atoms with van der Waals surface area (Å²) in [6, 6.07) is 0. The van der Waals surface area contributed by atoms with E-state index in [0.29, 0.717) is 32.5 Å². The second-order valence-electron chi connectivity index (χ2n) is 7.86. The fourth-order valence-electron chi connectivity index (χ4n) is 3.70. The molecule has 1 rings (SSSR count). The molecule has 0 aromatic rings. The number of carbonyl (C=O) groups excluding carboxylic acids is 2. The van der Waals surface area contributed by atoms with Crippen LogP contribution in [0.25, 0.3) is 0 Å². The van der Waals surface area contributed by atoms with Crippen LogP contribution in [-0.4, -0.2) is 36.5 Å². The zero-order valence-electron chi connectivity index (χ0n) is 17.6. The summed E-state index contributed by atoms with van der Waals surface area (Å²) in [5.74, 6) is -0.168. The largest absolute Gasteiger partial charge is 0.465 e. The van der Waals surface area contributed by atoms with E-state index in [0.717, 1.165) is 12.8 Å². The number of ether oxygens (including phenoxy) is 1. The van der Waals surface area contributed by atoms with Gasteiger partial charge < -0.3 is 9.64 Å². The molecule has 1 heterocycles. The van der Waals surface area contributed by atoms with Gasteiger partial charge in [-0.1, -0.05) is 84.1 Å². The number of likely N-dealkylation sites (tertiary alicyclic amines) is 1. The van der Waals surface area contributed by atoms with Crippen LogP contribution in [0.15, 0.2) is 12.7 Å². The maximum absolute atomic E-state index is 12.1. The number of hydrogen-bond donors (Lipinski definition) is 0. The van der Waals surface area contributed by atoms with Crippen molar-refractivity contribution >= 4 is 11.9 Å². The highest BCUT2D eigenvalue weighted by Crippen LogP contribution is 2.19. The normalized spacial score (nSPS) is 14.9. The molecule has 0 bridgehead atoms. The molecular formula is C23H41NO3. The Labute approximate surface area is 166 Å². The minimum absolute atomic E-state index is 0.0432. The summed E-state index contributed by atoms with van der Waals surface area (Å²) in [5, 5.41) is 0. The van der Waals surface area contributed by atoms with Crippen molar-refractivity contribution in [2.24, 2.45) is 5.92 Å². The maximum Gasteiger partial charge on any atom is 0.309 e. The number of nitrogens with zero attached hydrogens (tertiary/aromatic N) is 1. The molecule has 4 heteroatoms. The van der Waals surface area contributed by atoms with E-state index in [9.17, 15) is 9.59 Å². The van der Waals surface area contributed by atoms with Crippen LogP contribution in [0.2, 0.25) is 0 Å². The van der Waals surface area contributed by atoms with Gasteiger partial charge >= 0.3 is 5.97 Å². The van der Waals surface area contributed by atoms with Crippen molar-refractivity contribution in [1.82, 2.24) is 4.90 Å². The molecule has 27 heavy (non-hydrogen) atoms. The maximum atomic E-state index is 12.1. The SMILES string of the molecule is C=CC(=O)N1CCC(C(=O)OCCCCCCCCCCCCCC)CC1. The van der Waals surface area contributed by atoms with Gasteiger partial charge in [-0.15, -0.1) is 0 Å². The number of hydrogen-bond acceptors (Lipinski definition) is 3. The topological polar surface area (TPSA) is 46.6 Å². The summed E-state index contributed by atoms with van der Waals surface area (Å²) in [6.45, 7) is 7.57. The Morgan fingerprint density at radius 3 is 1.85 bits per heavy atom. The molecule has 0 aliphatic carbocycles. The summed E-state index contributed by atoms with van der Waals surface area (Å²) in [6.07, 6.45) is 18.4. The molecule has 1 aliphatic heterocycles. The van der Waals surface area contributed by atoms with Gasteiger partial charge in [0.2, 0.25) is 5.91 Å². The smallest absolute Gasteiger partial charge is 0.309 e. The third kappa shape index (κ3) is 11.2. The van der Waals surface area contributed by atoms with Crippen LogP contribution in [0.1, 0.15) is 96.8 Å². The van der Waals surface area contributed by atoms with Gasteiger partial charge in [-0.05, 0) is 25.3 Å². The van der Waals surface area contributed by atoms with Gasteiger partial charge in [-0.2, -0.15) is 0 Å². The molecule has 1 fully saturated rings. The number of piperidine rings is 1. The predicted molar refractivity (Wildman–Crippen MR) is 112 cm³/mol. The third-order valence-electron chi connectivity index (χ3n) is 5.56. The summed E-state index contributed by atoms with van der Waals surface area (Å²) < 4.78 is 5.43. The van der Waals surface area contributed by atoms with E-state index in [1.54, 1.807) is 4.90 Å². The first-order chi connectivity index (χ1) is 13.2. The lowest BCUT2D eigenvalue weighted by Crippen LogP contribution is -2.39. The van der Waals surface area contributed by atoms with E-state index in [4.69, 9.17) is 4.74 Å². The Kier molecular flexibility index (Phi) is 13.8. The first kappa shape index (κ1) is 23.7. The molecule has 0 radical (unpaired) electrons. The Morgan fingerprint density at radius 1 is 0.889 bits per heavy atom. The second-order valence-corrected chi connectivity index (χ2v) is 7.86. The van der Waals surface area contributed by atoms with E-state index >= 15 is 0 Å². The number of rotatable bonds is 15. The van der Waals surface area contributed by atoms with E-state index < -0.39 is 0 Å². The quantitative estimate of drug-likeness (QED) is 0.210. The van der Waals surface area contributed by atoms with Crippen molar-refractivity contribution in [2.75, 3.05) is 19.7 Å². The van der Waals surface area contributed by atoms with Crippen molar-refractivity contribution in [3.05, 3.63) is 12.7 Å². The molecule has 0 aromatic carbocycles. The fourth-order valence-corrected chi connectivity index (χ4v) is 3.70. The van der Waals surface area contributed by atoms with Gasteiger partial charge in [0.15, 0.2) is 0 Å². The van der Waals surface area contributed by atoms with Crippen molar-refractivity contribution in [2.45, 2.75) is 96.8 Å².